The average Bonchev–Trinajstić information content (AvgIpc) is 3.04. The molecular weight excluding hydrogens is 308 g/mol. The van der Waals surface area contributed by atoms with Gasteiger partial charge in [0.2, 0.25) is 0 Å². The second-order valence-corrected chi connectivity index (χ2v) is 6.88. The van der Waals surface area contributed by atoms with Crippen molar-refractivity contribution in [1.82, 2.24) is 15.2 Å². The summed E-state index contributed by atoms with van der Waals surface area (Å²) >= 11 is 0. The Labute approximate surface area is 147 Å². The number of H-pyrrole nitrogens is 1. The van der Waals surface area contributed by atoms with E-state index in [4.69, 9.17) is 4.99 Å². The lowest BCUT2D eigenvalue weighted by Crippen LogP contribution is -2.22. The van der Waals surface area contributed by atoms with Gasteiger partial charge in [-0.1, -0.05) is 19.1 Å². The molecule has 1 aliphatic heterocycles. The first-order valence-corrected chi connectivity index (χ1v) is 8.68. The van der Waals surface area contributed by atoms with Gasteiger partial charge in [-0.3, -0.25) is 15.1 Å². The van der Waals surface area contributed by atoms with Gasteiger partial charge in [-0.2, -0.15) is 5.10 Å². The van der Waals surface area contributed by atoms with E-state index in [9.17, 15) is 0 Å². The molecule has 25 heavy (non-hydrogen) atoms. The van der Waals surface area contributed by atoms with Gasteiger partial charge in [0.1, 0.15) is 5.69 Å². The summed E-state index contributed by atoms with van der Waals surface area (Å²) < 4.78 is 0. The van der Waals surface area contributed by atoms with Crippen LogP contribution in [0.25, 0.3) is 22.3 Å². The highest BCUT2D eigenvalue weighted by Gasteiger charge is 2.28. The molecule has 2 unspecified atom stereocenters. The Morgan fingerprint density at radius 3 is 2.64 bits per heavy atom. The van der Waals surface area contributed by atoms with E-state index in [1.54, 1.807) is 6.20 Å². The summed E-state index contributed by atoms with van der Waals surface area (Å²) in [5.41, 5.74) is 7.83. The highest BCUT2D eigenvalue weighted by atomic mass is 15.1. The third-order valence-electron chi connectivity index (χ3n) is 5.39. The Kier molecular flexibility index (Phi) is 3.75. The van der Waals surface area contributed by atoms with Crippen LogP contribution in [0.5, 0.6) is 0 Å². The Bertz CT molecular complexity index is 995. The fourth-order valence-electron chi connectivity index (χ4n) is 3.76. The molecule has 0 saturated heterocycles. The molecule has 4 rings (SSSR count). The molecule has 2 atom stereocenters. The Morgan fingerprint density at radius 1 is 1.04 bits per heavy atom. The zero-order chi connectivity index (χ0) is 17.6. The number of pyridine rings is 1. The van der Waals surface area contributed by atoms with E-state index in [1.165, 1.54) is 16.8 Å². The quantitative estimate of drug-likeness (QED) is 0.709. The van der Waals surface area contributed by atoms with E-state index in [1.807, 2.05) is 18.2 Å². The van der Waals surface area contributed by atoms with E-state index in [2.05, 4.69) is 61.1 Å². The molecular formula is C21H22N4. The van der Waals surface area contributed by atoms with Crippen molar-refractivity contribution in [2.75, 3.05) is 0 Å². The normalized spacial score (nSPS) is 20.9. The first-order valence-electron chi connectivity index (χ1n) is 8.68. The first-order chi connectivity index (χ1) is 12.1. The van der Waals surface area contributed by atoms with E-state index in [0.29, 0.717) is 11.8 Å². The highest BCUT2D eigenvalue weighted by Crippen LogP contribution is 2.39. The van der Waals surface area contributed by atoms with E-state index in [0.717, 1.165) is 28.0 Å². The van der Waals surface area contributed by atoms with Crippen molar-refractivity contribution in [2.24, 2.45) is 10.9 Å². The number of aliphatic imine (C=N–C) groups is 1. The number of nitrogens with zero attached hydrogens (tertiary/aromatic N) is 3. The molecule has 0 fully saturated rings. The molecule has 0 amide bonds. The van der Waals surface area contributed by atoms with Gasteiger partial charge >= 0.3 is 0 Å². The minimum Gasteiger partial charge on any atom is -0.277 e. The molecule has 126 valence electrons. The van der Waals surface area contributed by atoms with Gasteiger partial charge in [-0.25, -0.2) is 0 Å². The maximum absolute atomic E-state index is 4.71. The van der Waals surface area contributed by atoms with Crippen molar-refractivity contribution in [3.05, 3.63) is 59.4 Å². The zero-order valence-electron chi connectivity index (χ0n) is 15.0. The zero-order valence-corrected chi connectivity index (χ0v) is 15.0. The van der Waals surface area contributed by atoms with Crippen LogP contribution in [0.15, 0.2) is 58.9 Å². The summed E-state index contributed by atoms with van der Waals surface area (Å²) in [6, 6.07) is 12.5. The molecule has 4 heteroatoms. The van der Waals surface area contributed by atoms with Crippen LogP contribution in [0.4, 0.5) is 0 Å². The molecule has 3 aromatic rings. The summed E-state index contributed by atoms with van der Waals surface area (Å²) in [6.07, 6.45) is 1.80. The van der Waals surface area contributed by atoms with Crippen molar-refractivity contribution >= 4 is 16.6 Å². The van der Waals surface area contributed by atoms with Gasteiger partial charge in [0.05, 0.1) is 11.2 Å². The summed E-state index contributed by atoms with van der Waals surface area (Å²) in [6.45, 7) is 8.70. The molecule has 0 radical (unpaired) electrons. The molecule has 1 aliphatic rings. The van der Waals surface area contributed by atoms with Crippen LogP contribution in [0, 0.1) is 5.92 Å². The van der Waals surface area contributed by atoms with Gasteiger partial charge in [0.15, 0.2) is 0 Å². The van der Waals surface area contributed by atoms with E-state index < -0.39 is 0 Å². The minimum atomic E-state index is 0.355. The van der Waals surface area contributed by atoms with Crippen LogP contribution < -0.4 is 0 Å². The number of hydrogen-bond acceptors (Lipinski definition) is 3. The highest BCUT2D eigenvalue weighted by molar-refractivity contribution is 5.93. The number of benzene rings is 1. The number of aromatic amines is 1. The number of aromatic nitrogens is 3. The van der Waals surface area contributed by atoms with Gasteiger partial charge in [0.25, 0.3) is 0 Å². The minimum absolute atomic E-state index is 0.355. The fraction of sp³-hybridized carbons (Fsp3) is 0.286. The van der Waals surface area contributed by atoms with E-state index in [-0.39, 0.29) is 0 Å². The number of rotatable bonds is 2. The molecule has 0 bridgehead atoms. The summed E-state index contributed by atoms with van der Waals surface area (Å²) in [5, 5.41) is 8.75. The van der Waals surface area contributed by atoms with Gasteiger partial charge in [-0.05, 0) is 56.2 Å². The predicted molar refractivity (Wildman–Crippen MR) is 103 cm³/mol. The average molecular weight is 330 g/mol. The molecule has 1 aromatic carbocycles. The molecule has 2 aromatic heterocycles. The summed E-state index contributed by atoms with van der Waals surface area (Å²) in [7, 11) is 0. The first kappa shape index (κ1) is 15.8. The SMILES string of the molecule is CC1=NC(C)=C(C)C(c2ccc3[nH]nc(-c4ccccn4)c3c2)C1C. The third-order valence-corrected chi connectivity index (χ3v) is 5.39. The number of fused-ring (bicyclic) bond motifs is 1. The van der Waals surface area contributed by atoms with Crippen molar-refractivity contribution < 1.29 is 0 Å². The second-order valence-electron chi connectivity index (χ2n) is 6.88. The molecule has 3 heterocycles. The lowest BCUT2D eigenvalue weighted by Gasteiger charge is -2.30. The van der Waals surface area contributed by atoms with Gasteiger partial charge in [0, 0.05) is 34.8 Å². The smallest absolute Gasteiger partial charge is 0.118 e. The molecule has 1 N–H and O–H groups in total. The lowest BCUT2D eigenvalue weighted by molar-refractivity contribution is 0.624. The topological polar surface area (TPSA) is 53.9 Å². The molecule has 4 nitrogen and oxygen atoms in total. The molecule has 0 spiro atoms. The van der Waals surface area contributed by atoms with Crippen LogP contribution in [0.1, 0.15) is 39.2 Å². The monoisotopic (exact) mass is 330 g/mol. The van der Waals surface area contributed by atoms with Gasteiger partial charge in [-0.15, -0.1) is 0 Å². The third kappa shape index (κ3) is 2.58. The Balaban J connectivity index is 1.86. The van der Waals surface area contributed by atoms with Crippen LogP contribution in [-0.4, -0.2) is 20.9 Å². The van der Waals surface area contributed by atoms with Crippen LogP contribution in [0.3, 0.4) is 0 Å². The van der Waals surface area contributed by atoms with Crippen molar-refractivity contribution in [3.8, 4) is 11.4 Å². The van der Waals surface area contributed by atoms with Crippen molar-refractivity contribution in [2.45, 2.75) is 33.6 Å². The van der Waals surface area contributed by atoms with Gasteiger partial charge < -0.3 is 0 Å². The van der Waals surface area contributed by atoms with Crippen LogP contribution in [0.2, 0.25) is 0 Å². The number of allylic oxidation sites excluding steroid dienone is 2. The summed E-state index contributed by atoms with van der Waals surface area (Å²) in [4.78, 5) is 9.16. The number of hydrogen-bond donors (Lipinski definition) is 1. The molecule has 0 saturated carbocycles. The maximum Gasteiger partial charge on any atom is 0.118 e. The second kappa shape index (κ2) is 5.96. The van der Waals surface area contributed by atoms with Crippen molar-refractivity contribution in [1.29, 1.82) is 0 Å². The van der Waals surface area contributed by atoms with Crippen molar-refractivity contribution in [3.63, 3.8) is 0 Å². The fourth-order valence-corrected chi connectivity index (χ4v) is 3.76. The number of nitrogens with one attached hydrogen (secondary N) is 1. The standard InChI is InChI=1S/C21H22N4/c1-12-14(3)23-15(4)13(2)20(12)16-8-9-18-17(11-16)21(25-24-18)19-7-5-6-10-22-19/h5-12,20H,1-4H3,(H,24,25). The van der Waals surface area contributed by atoms with E-state index >= 15 is 0 Å². The lowest BCUT2D eigenvalue weighted by atomic mass is 9.77. The Morgan fingerprint density at radius 2 is 1.88 bits per heavy atom. The summed E-state index contributed by atoms with van der Waals surface area (Å²) in [5.74, 6) is 0.750. The maximum atomic E-state index is 4.71. The predicted octanol–water partition coefficient (Wildman–Crippen LogP) is 5.11. The van der Waals surface area contributed by atoms with Crippen LogP contribution >= 0.6 is 0 Å². The molecule has 0 aliphatic carbocycles. The Hall–Kier alpha value is -2.75. The largest absolute Gasteiger partial charge is 0.277 e. The van der Waals surface area contributed by atoms with Crippen LogP contribution in [-0.2, 0) is 0 Å².